The van der Waals surface area contributed by atoms with Crippen molar-refractivity contribution in [2.45, 2.75) is 0 Å². The lowest BCUT2D eigenvalue weighted by Crippen LogP contribution is -2.39. The van der Waals surface area contributed by atoms with Gasteiger partial charge in [0.15, 0.2) is 6.61 Å². The lowest BCUT2D eigenvalue weighted by Gasteiger charge is -2.25. The van der Waals surface area contributed by atoms with Crippen LogP contribution in [0.2, 0.25) is 0 Å². The molecule has 0 atom stereocenters. The monoisotopic (exact) mass is 354 g/mol. The fraction of sp³-hybridized carbons (Fsp3) is 0.312. The molecule has 1 aromatic rings. The first-order valence-corrected chi connectivity index (χ1v) is 7.42. The number of para-hydroxylation sites is 1. The summed E-state index contributed by atoms with van der Waals surface area (Å²) in [4.78, 5) is 36.3. The fourth-order valence-electron chi connectivity index (χ4n) is 2.01. The van der Waals surface area contributed by atoms with Gasteiger partial charge >= 0.3 is 5.97 Å². The molecule has 0 aromatic heterocycles. The number of carbonyl (C=O) groups is 3. The molecule has 25 heavy (non-hydrogen) atoms. The van der Waals surface area contributed by atoms with Crippen molar-refractivity contribution in [3.63, 3.8) is 0 Å². The van der Waals surface area contributed by atoms with E-state index in [0.717, 1.165) is 30.4 Å². The highest BCUT2D eigenvalue weighted by molar-refractivity contribution is 5.96. The van der Waals surface area contributed by atoms with Gasteiger partial charge in [-0.2, -0.15) is 0 Å². The molecule has 0 saturated carbocycles. The van der Waals surface area contributed by atoms with E-state index < -0.39 is 35.8 Å². The third kappa shape index (κ3) is 5.64. The summed E-state index contributed by atoms with van der Waals surface area (Å²) < 4.78 is 36.5. The summed E-state index contributed by atoms with van der Waals surface area (Å²) in [6, 6.07) is 3.10. The van der Waals surface area contributed by atoms with E-state index in [1.807, 2.05) is 5.32 Å². The Morgan fingerprint density at radius 2 is 1.80 bits per heavy atom. The van der Waals surface area contributed by atoms with Gasteiger partial charge in [0, 0.05) is 25.2 Å². The minimum Gasteiger partial charge on any atom is -0.452 e. The number of carbonyl (C=O) groups excluding carboxylic acids is 3. The van der Waals surface area contributed by atoms with E-state index in [4.69, 9.17) is 4.74 Å². The minimum absolute atomic E-state index is 0.377. The summed E-state index contributed by atoms with van der Waals surface area (Å²) in [5.41, 5.74) is -0.624. The summed E-state index contributed by atoms with van der Waals surface area (Å²) >= 11 is 0. The lowest BCUT2D eigenvalue weighted by molar-refractivity contribution is -0.142. The minimum atomic E-state index is -0.948. The van der Waals surface area contributed by atoms with E-state index in [2.05, 4.69) is 4.74 Å². The van der Waals surface area contributed by atoms with Crippen LogP contribution in [0.25, 0.3) is 0 Å². The molecule has 2 amide bonds. The standard InChI is InChI=1S/C16H16F2N2O5/c17-11-2-1-3-12(18)16(11)19-13(21)10-25-15(23)5-4-14(22)20-6-8-24-9-7-20/h1-5H,6-10H2,(H,19,21). The van der Waals surface area contributed by atoms with Crippen molar-refractivity contribution >= 4 is 23.5 Å². The zero-order chi connectivity index (χ0) is 18.2. The Kier molecular flexibility index (Phi) is 6.58. The first-order valence-electron chi connectivity index (χ1n) is 7.42. The smallest absolute Gasteiger partial charge is 0.331 e. The lowest BCUT2D eigenvalue weighted by atomic mass is 10.3. The van der Waals surface area contributed by atoms with Crippen LogP contribution in [0.5, 0.6) is 0 Å². The van der Waals surface area contributed by atoms with Crippen molar-refractivity contribution in [2.24, 2.45) is 0 Å². The Morgan fingerprint density at radius 3 is 2.44 bits per heavy atom. The van der Waals surface area contributed by atoms with Crippen molar-refractivity contribution in [2.75, 3.05) is 38.2 Å². The molecule has 0 spiro atoms. The van der Waals surface area contributed by atoms with Gasteiger partial charge in [0.1, 0.15) is 17.3 Å². The Balaban J connectivity index is 1.78. The predicted molar refractivity (Wildman–Crippen MR) is 82.5 cm³/mol. The molecule has 1 aromatic carbocycles. The number of morpholine rings is 1. The van der Waals surface area contributed by atoms with Gasteiger partial charge in [0.05, 0.1) is 13.2 Å². The van der Waals surface area contributed by atoms with E-state index in [1.54, 1.807) is 0 Å². The maximum absolute atomic E-state index is 13.4. The molecule has 9 heteroatoms. The molecule has 1 heterocycles. The van der Waals surface area contributed by atoms with E-state index in [-0.39, 0.29) is 5.91 Å². The van der Waals surface area contributed by atoms with Crippen molar-refractivity contribution in [1.29, 1.82) is 0 Å². The maximum atomic E-state index is 13.4. The molecule has 1 aliphatic rings. The molecular weight excluding hydrogens is 338 g/mol. The first-order chi connectivity index (χ1) is 12.0. The van der Waals surface area contributed by atoms with Crippen molar-refractivity contribution in [3.8, 4) is 0 Å². The number of hydrogen-bond donors (Lipinski definition) is 1. The molecule has 0 bridgehead atoms. The van der Waals surface area contributed by atoms with Gasteiger partial charge < -0.3 is 19.7 Å². The number of halogens is 2. The average Bonchev–Trinajstić information content (AvgIpc) is 2.62. The first kappa shape index (κ1) is 18.5. The molecule has 0 radical (unpaired) electrons. The van der Waals surface area contributed by atoms with Crippen LogP contribution in [-0.4, -0.2) is 55.6 Å². The van der Waals surface area contributed by atoms with Crippen LogP contribution in [0.1, 0.15) is 0 Å². The molecule has 1 saturated heterocycles. The SMILES string of the molecule is O=C(COC(=O)C=CC(=O)N1CCOCC1)Nc1c(F)cccc1F. The second-order valence-corrected chi connectivity index (χ2v) is 5.02. The number of hydrogen-bond acceptors (Lipinski definition) is 5. The van der Waals surface area contributed by atoms with Gasteiger partial charge in [-0.15, -0.1) is 0 Å². The van der Waals surface area contributed by atoms with Gasteiger partial charge in [-0.05, 0) is 12.1 Å². The van der Waals surface area contributed by atoms with Crippen LogP contribution in [0.3, 0.4) is 0 Å². The van der Waals surface area contributed by atoms with Gasteiger partial charge in [-0.3, -0.25) is 9.59 Å². The molecule has 1 fully saturated rings. The molecule has 0 aliphatic carbocycles. The van der Waals surface area contributed by atoms with Gasteiger partial charge in [0.25, 0.3) is 5.91 Å². The van der Waals surface area contributed by atoms with E-state index in [1.165, 1.54) is 4.90 Å². The quantitative estimate of drug-likeness (QED) is 0.626. The van der Waals surface area contributed by atoms with Crippen molar-refractivity contribution < 1.29 is 32.6 Å². The Morgan fingerprint density at radius 1 is 1.16 bits per heavy atom. The summed E-state index contributed by atoms with van der Waals surface area (Å²) in [5, 5.41) is 1.97. The van der Waals surface area contributed by atoms with Crippen LogP contribution in [0.15, 0.2) is 30.4 Å². The molecule has 134 valence electrons. The van der Waals surface area contributed by atoms with Crippen LogP contribution in [0.4, 0.5) is 14.5 Å². The molecule has 1 aliphatic heterocycles. The second kappa shape index (κ2) is 8.88. The molecule has 0 unspecified atom stereocenters. The third-order valence-corrected chi connectivity index (χ3v) is 3.26. The zero-order valence-corrected chi connectivity index (χ0v) is 13.2. The Labute approximate surface area is 142 Å². The highest BCUT2D eigenvalue weighted by Crippen LogP contribution is 2.17. The average molecular weight is 354 g/mol. The Bertz CT molecular complexity index is 667. The topological polar surface area (TPSA) is 84.9 Å². The number of rotatable bonds is 5. The zero-order valence-electron chi connectivity index (χ0n) is 13.2. The Hall–Kier alpha value is -2.81. The third-order valence-electron chi connectivity index (χ3n) is 3.26. The van der Waals surface area contributed by atoms with Crippen LogP contribution < -0.4 is 5.32 Å². The fourth-order valence-corrected chi connectivity index (χ4v) is 2.01. The second-order valence-electron chi connectivity index (χ2n) is 5.02. The van der Waals surface area contributed by atoms with Crippen LogP contribution in [0, 0.1) is 11.6 Å². The van der Waals surface area contributed by atoms with Crippen LogP contribution in [-0.2, 0) is 23.9 Å². The van der Waals surface area contributed by atoms with Gasteiger partial charge in [-0.25, -0.2) is 13.6 Å². The number of amides is 2. The number of anilines is 1. The normalized spacial score (nSPS) is 14.4. The van der Waals surface area contributed by atoms with Crippen LogP contribution >= 0.6 is 0 Å². The number of esters is 1. The summed E-state index contributed by atoms with van der Waals surface area (Å²) in [6.45, 7) is 0.958. The number of nitrogens with one attached hydrogen (secondary N) is 1. The van der Waals surface area contributed by atoms with Gasteiger partial charge in [-0.1, -0.05) is 6.07 Å². The predicted octanol–water partition coefficient (Wildman–Crippen LogP) is 0.861. The van der Waals surface area contributed by atoms with E-state index in [9.17, 15) is 23.2 Å². The summed E-state index contributed by atoms with van der Waals surface area (Å²) in [6.07, 6.45) is 1.91. The van der Waals surface area contributed by atoms with Gasteiger partial charge in [0.2, 0.25) is 5.91 Å². The van der Waals surface area contributed by atoms with E-state index in [0.29, 0.717) is 26.3 Å². The highest BCUT2D eigenvalue weighted by Gasteiger charge is 2.15. The highest BCUT2D eigenvalue weighted by atomic mass is 19.1. The van der Waals surface area contributed by atoms with E-state index >= 15 is 0 Å². The van der Waals surface area contributed by atoms with Crippen molar-refractivity contribution in [1.82, 2.24) is 4.90 Å². The largest absolute Gasteiger partial charge is 0.452 e. The molecule has 1 N–H and O–H groups in total. The maximum Gasteiger partial charge on any atom is 0.331 e. The van der Waals surface area contributed by atoms with Crippen molar-refractivity contribution in [3.05, 3.63) is 42.0 Å². The summed E-state index contributed by atoms with van der Waals surface area (Å²) in [7, 11) is 0. The number of benzene rings is 1. The molecule has 2 rings (SSSR count). The summed E-state index contributed by atoms with van der Waals surface area (Å²) in [5.74, 6) is -4.11. The molecular formula is C16H16F2N2O5. The molecule has 7 nitrogen and oxygen atoms in total. The number of nitrogens with zero attached hydrogens (tertiary/aromatic N) is 1. The number of ether oxygens (including phenoxy) is 2.